The first-order valence-electron chi connectivity index (χ1n) is 8.11. The Morgan fingerprint density at radius 3 is 1.80 bits per heavy atom. The van der Waals surface area contributed by atoms with Crippen LogP contribution in [0.15, 0.2) is 81.7 Å². The number of hydrogen-bond donors (Lipinski definition) is 1. The van der Waals surface area contributed by atoms with Crippen LogP contribution in [-0.2, 0) is 19.7 Å². The molecule has 0 amide bonds. The molecule has 3 rings (SSSR count). The van der Waals surface area contributed by atoms with Crippen LogP contribution in [-0.4, -0.2) is 0 Å². The van der Waals surface area contributed by atoms with E-state index < -0.39 is 0 Å². The van der Waals surface area contributed by atoms with Gasteiger partial charge in [0.2, 0.25) is 0 Å². The second-order valence-corrected chi connectivity index (χ2v) is 7.46. The maximum atomic E-state index is 5.97. The second-order valence-electron chi connectivity index (χ2n) is 5.75. The highest BCUT2D eigenvalue weighted by Gasteiger charge is 2.09. The van der Waals surface area contributed by atoms with E-state index in [0.717, 1.165) is 33.3 Å². The molecule has 128 valence electrons. The molecule has 3 aromatic rings. The molecule has 0 spiro atoms. The second kappa shape index (κ2) is 9.18. The summed E-state index contributed by atoms with van der Waals surface area (Å²) in [6.07, 6.45) is 0. The van der Waals surface area contributed by atoms with E-state index in [1.807, 2.05) is 24.3 Å². The van der Waals surface area contributed by atoms with Crippen LogP contribution in [0.1, 0.15) is 16.7 Å². The van der Waals surface area contributed by atoms with Crippen molar-refractivity contribution in [1.82, 2.24) is 5.32 Å². The lowest BCUT2D eigenvalue weighted by Gasteiger charge is -2.13. The molecule has 0 saturated heterocycles. The SMILES string of the molecule is Brc1cc(CNCc2ccccc2)cc(Br)c1OCc1ccccc1. The maximum Gasteiger partial charge on any atom is 0.148 e. The number of ether oxygens (including phenoxy) is 1. The first kappa shape index (κ1) is 18.2. The highest BCUT2D eigenvalue weighted by Crippen LogP contribution is 2.35. The number of rotatable bonds is 7. The van der Waals surface area contributed by atoms with Gasteiger partial charge in [-0.25, -0.2) is 0 Å². The molecule has 25 heavy (non-hydrogen) atoms. The number of hydrogen-bond acceptors (Lipinski definition) is 2. The van der Waals surface area contributed by atoms with Crippen molar-refractivity contribution in [1.29, 1.82) is 0 Å². The lowest BCUT2D eigenvalue weighted by molar-refractivity contribution is 0.302. The summed E-state index contributed by atoms with van der Waals surface area (Å²) < 4.78 is 7.87. The quantitative estimate of drug-likeness (QED) is 0.461. The molecule has 3 aromatic carbocycles. The fraction of sp³-hybridized carbons (Fsp3) is 0.143. The Hall–Kier alpha value is -1.62. The summed E-state index contributed by atoms with van der Waals surface area (Å²) in [6.45, 7) is 2.19. The van der Waals surface area contributed by atoms with E-state index in [1.165, 1.54) is 11.1 Å². The van der Waals surface area contributed by atoms with Gasteiger partial charge in [-0.3, -0.25) is 0 Å². The molecule has 0 bridgehead atoms. The minimum Gasteiger partial charge on any atom is -0.487 e. The summed E-state index contributed by atoms with van der Waals surface area (Å²) in [5, 5.41) is 3.47. The zero-order valence-corrected chi connectivity index (χ0v) is 16.9. The minimum absolute atomic E-state index is 0.545. The molecule has 1 N–H and O–H groups in total. The summed E-state index contributed by atoms with van der Waals surface area (Å²) >= 11 is 7.25. The molecule has 0 aliphatic rings. The van der Waals surface area contributed by atoms with Gasteiger partial charge in [-0.2, -0.15) is 0 Å². The molecule has 0 saturated carbocycles. The van der Waals surface area contributed by atoms with Gasteiger partial charge in [-0.15, -0.1) is 0 Å². The van der Waals surface area contributed by atoms with Crippen molar-refractivity contribution in [2.24, 2.45) is 0 Å². The number of nitrogens with one attached hydrogen (secondary N) is 1. The van der Waals surface area contributed by atoms with Gasteiger partial charge in [-0.05, 0) is 60.7 Å². The first-order valence-corrected chi connectivity index (χ1v) is 9.70. The number of halogens is 2. The van der Waals surface area contributed by atoms with Crippen LogP contribution >= 0.6 is 31.9 Å². The molecule has 4 heteroatoms. The zero-order chi connectivity index (χ0) is 17.5. The molecule has 0 heterocycles. The Kier molecular flexibility index (Phi) is 6.68. The molecule has 0 aromatic heterocycles. The third kappa shape index (κ3) is 5.43. The zero-order valence-electron chi connectivity index (χ0n) is 13.7. The third-order valence-corrected chi connectivity index (χ3v) is 4.96. The highest BCUT2D eigenvalue weighted by molar-refractivity contribution is 9.11. The average molecular weight is 461 g/mol. The van der Waals surface area contributed by atoms with Crippen molar-refractivity contribution in [3.05, 3.63) is 98.4 Å². The van der Waals surface area contributed by atoms with Crippen molar-refractivity contribution >= 4 is 31.9 Å². The normalized spacial score (nSPS) is 10.6. The molecule has 0 fully saturated rings. The van der Waals surface area contributed by atoms with E-state index in [0.29, 0.717) is 6.61 Å². The van der Waals surface area contributed by atoms with E-state index in [2.05, 4.69) is 85.7 Å². The van der Waals surface area contributed by atoms with Crippen LogP contribution in [0.2, 0.25) is 0 Å². The minimum atomic E-state index is 0.545. The van der Waals surface area contributed by atoms with Crippen LogP contribution in [0.25, 0.3) is 0 Å². The Morgan fingerprint density at radius 1 is 0.680 bits per heavy atom. The fourth-order valence-corrected chi connectivity index (χ4v) is 4.04. The Balaban J connectivity index is 1.59. The van der Waals surface area contributed by atoms with Crippen molar-refractivity contribution in [3.8, 4) is 5.75 Å². The van der Waals surface area contributed by atoms with Crippen LogP contribution in [0.5, 0.6) is 5.75 Å². The topological polar surface area (TPSA) is 21.3 Å². The van der Waals surface area contributed by atoms with Crippen LogP contribution in [0.3, 0.4) is 0 Å². The van der Waals surface area contributed by atoms with Crippen molar-refractivity contribution in [2.75, 3.05) is 0 Å². The average Bonchev–Trinajstić information content (AvgIpc) is 2.63. The lowest BCUT2D eigenvalue weighted by Crippen LogP contribution is -2.12. The van der Waals surface area contributed by atoms with Crippen LogP contribution in [0, 0.1) is 0 Å². The predicted octanol–water partition coefficient (Wildman–Crippen LogP) is 6.08. The van der Waals surface area contributed by atoms with Crippen molar-refractivity contribution < 1.29 is 4.74 Å². The molecule has 0 aliphatic heterocycles. The lowest BCUT2D eigenvalue weighted by atomic mass is 10.2. The van der Waals surface area contributed by atoms with Gasteiger partial charge in [0.25, 0.3) is 0 Å². The van der Waals surface area contributed by atoms with Crippen LogP contribution in [0.4, 0.5) is 0 Å². The number of benzene rings is 3. The molecule has 0 radical (unpaired) electrons. The fourth-order valence-electron chi connectivity index (χ4n) is 2.53. The van der Waals surface area contributed by atoms with Gasteiger partial charge in [-0.1, -0.05) is 60.7 Å². The smallest absolute Gasteiger partial charge is 0.148 e. The summed E-state index contributed by atoms with van der Waals surface area (Å²) in [4.78, 5) is 0. The molecular formula is C21H19Br2NO. The Labute approximate surface area is 165 Å². The molecule has 0 atom stereocenters. The Morgan fingerprint density at radius 2 is 1.20 bits per heavy atom. The predicted molar refractivity (Wildman–Crippen MR) is 110 cm³/mol. The van der Waals surface area contributed by atoms with E-state index in [1.54, 1.807) is 0 Å². The highest BCUT2D eigenvalue weighted by atomic mass is 79.9. The monoisotopic (exact) mass is 459 g/mol. The Bertz CT molecular complexity index is 784. The van der Waals surface area contributed by atoms with Crippen LogP contribution < -0.4 is 10.1 Å². The van der Waals surface area contributed by atoms with Gasteiger partial charge in [0.05, 0.1) is 8.95 Å². The van der Waals surface area contributed by atoms with Crippen molar-refractivity contribution in [2.45, 2.75) is 19.7 Å². The summed E-state index contributed by atoms with van der Waals surface area (Å²) in [5.74, 6) is 0.829. The van der Waals surface area contributed by atoms with Crippen molar-refractivity contribution in [3.63, 3.8) is 0 Å². The first-order chi connectivity index (χ1) is 12.2. The van der Waals surface area contributed by atoms with Gasteiger partial charge in [0.1, 0.15) is 12.4 Å². The summed E-state index contributed by atoms with van der Waals surface area (Å²) in [6, 6.07) is 24.8. The molecule has 0 unspecified atom stereocenters. The summed E-state index contributed by atoms with van der Waals surface area (Å²) in [7, 11) is 0. The van der Waals surface area contributed by atoms with E-state index in [9.17, 15) is 0 Å². The molecule has 0 aliphatic carbocycles. The van der Waals surface area contributed by atoms with Gasteiger partial charge >= 0.3 is 0 Å². The molecular weight excluding hydrogens is 442 g/mol. The summed E-state index contributed by atoms with van der Waals surface area (Å²) in [5.41, 5.74) is 3.63. The van der Waals surface area contributed by atoms with E-state index in [4.69, 9.17) is 4.74 Å². The largest absolute Gasteiger partial charge is 0.487 e. The standard InChI is InChI=1S/C21H19Br2NO/c22-19-11-18(14-24-13-16-7-3-1-4-8-16)12-20(23)21(19)25-15-17-9-5-2-6-10-17/h1-12,24H,13-15H2. The third-order valence-electron chi connectivity index (χ3n) is 3.79. The van der Waals surface area contributed by atoms with Gasteiger partial charge < -0.3 is 10.1 Å². The van der Waals surface area contributed by atoms with E-state index in [-0.39, 0.29) is 0 Å². The van der Waals surface area contributed by atoms with E-state index >= 15 is 0 Å². The van der Waals surface area contributed by atoms with Gasteiger partial charge in [0, 0.05) is 13.1 Å². The molecule has 2 nitrogen and oxygen atoms in total. The maximum absolute atomic E-state index is 5.97. The van der Waals surface area contributed by atoms with Gasteiger partial charge in [0.15, 0.2) is 0 Å².